The van der Waals surface area contributed by atoms with E-state index in [1.165, 1.54) is 6.26 Å². The summed E-state index contributed by atoms with van der Waals surface area (Å²) >= 11 is 0. The first kappa shape index (κ1) is 13.7. The smallest absolute Gasteiger partial charge is 0.248 e. The lowest BCUT2D eigenvalue weighted by Crippen LogP contribution is -2.42. The van der Waals surface area contributed by atoms with Gasteiger partial charge in [-0.25, -0.2) is 0 Å². The number of aliphatic hydroxyl groups is 1. The standard InChI is InChI=1S/C12H19NO4/c1-4-16-9(2)11(14)13-8-12(3,15)10-6-5-7-17-10/h5-7,9,15H,4,8H2,1-3H3,(H,13,14). The summed E-state index contributed by atoms with van der Waals surface area (Å²) in [7, 11) is 0. The summed E-state index contributed by atoms with van der Waals surface area (Å²) in [5.74, 6) is 0.167. The summed E-state index contributed by atoms with van der Waals surface area (Å²) in [5.41, 5.74) is -1.22. The van der Waals surface area contributed by atoms with Gasteiger partial charge in [-0.3, -0.25) is 4.79 Å². The number of carbonyl (C=O) groups excluding carboxylic acids is 1. The first-order valence-electron chi connectivity index (χ1n) is 5.63. The molecule has 0 bridgehead atoms. The van der Waals surface area contributed by atoms with Crippen molar-refractivity contribution in [1.82, 2.24) is 5.32 Å². The van der Waals surface area contributed by atoms with Crippen LogP contribution in [-0.2, 0) is 15.1 Å². The van der Waals surface area contributed by atoms with E-state index in [1.807, 2.05) is 6.92 Å². The molecule has 1 aromatic heterocycles. The van der Waals surface area contributed by atoms with E-state index in [-0.39, 0.29) is 12.5 Å². The van der Waals surface area contributed by atoms with Gasteiger partial charge >= 0.3 is 0 Å². The number of carbonyl (C=O) groups is 1. The summed E-state index contributed by atoms with van der Waals surface area (Å²) < 4.78 is 10.2. The van der Waals surface area contributed by atoms with Crippen molar-refractivity contribution < 1.29 is 19.1 Å². The summed E-state index contributed by atoms with van der Waals surface area (Å²) in [5, 5.41) is 12.7. The molecule has 0 aliphatic heterocycles. The lowest BCUT2D eigenvalue weighted by atomic mass is 10.0. The third-order valence-corrected chi connectivity index (χ3v) is 2.44. The molecule has 2 unspecified atom stereocenters. The first-order chi connectivity index (χ1) is 7.97. The van der Waals surface area contributed by atoms with Crippen LogP contribution in [0.2, 0.25) is 0 Å². The topological polar surface area (TPSA) is 71.7 Å². The van der Waals surface area contributed by atoms with Gasteiger partial charge in [-0.2, -0.15) is 0 Å². The maximum atomic E-state index is 11.6. The second-order valence-corrected chi connectivity index (χ2v) is 4.07. The van der Waals surface area contributed by atoms with Gasteiger partial charge in [0.1, 0.15) is 17.5 Å². The van der Waals surface area contributed by atoms with E-state index >= 15 is 0 Å². The fourth-order valence-corrected chi connectivity index (χ4v) is 1.40. The Morgan fingerprint density at radius 2 is 2.41 bits per heavy atom. The molecule has 0 spiro atoms. The van der Waals surface area contributed by atoms with E-state index in [0.717, 1.165) is 0 Å². The number of hydrogen-bond acceptors (Lipinski definition) is 4. The molecule has 2 N–H and O–H groups in total. The van der Waals surface area contributed by atoms with Gasteiger partial charge < -0.3 is 19.6 Å². The van der Waals surface area contributed by atoms with Crippen molar-refractivity contribution in [3.63, 3.8) is 0 Å². The average molecular weight is 241 g/mol. The van der Waals surface area contributed by atoms with Crippen LogP contribution >= 0.6 is 0 Å². The average Bonchev–Trinajstić information content (AvgIpc) is 2.80. The largest absolute Gasteiger partial charge is 0.466 e. The third kappa shape index (κ3) is 3.87. The second kappa shape index (κ2) is 5.84. The molecular formula is C12H19NO4. The quantitative estimate of drug-likeness (QED) is 0.780. The highest BCUT2D eigenvalue weighted by atomic mass is 16.5. The van der Waals surface area contributed by atoms with Crippen LogP contribution in [0.15, 0.2) is 22.8 Å². The summed E-state index contributed by atoms with van der Waals surface area (Å²) in [6.07, 6.45) is 0.960. The molecular weight excluding hydrogens is 222 g/mol. The molecule has 0 aliphatic carbocycles. The zero-order valence-corrected chi connectivity index (χ0v) is 10.4. The number of rotatable bonds is 6. The number of hydrogen-bond donors (Lipinski definition) is 2. The predicted octanol–water partition coefficient (Wildman–Crippen LogP) is 1.03. The summed E-state index contributed by atoms with van der Waals surface area (Å²) in [6, 6.07) is 3.35. The molecule has 0 saturated heterocycles. The fourth-order valence-electron chi connectivity index (χ4n) is 1.40. The van der Waals surface area contributed by atoms with Crippen LogP contribution < -0.4 is 5.32 Å². The van der Waals surface area contributed by atoms with Crippen molar-refractivity contribution in [2.45, 2.75) is 32.5 Å². The van der Waals surface area contributed by atoms with Crippen LogP contribution in [0.1, 0.15) is 26.5 Å². The molecule has 1 rings (SSSR count). The molecule has 5 nitrogen and oxygen atoms in total. The van der Waals surface area contributed by atoms with Crippen LogP contribution in [0.25, 0.3) is 0 Å². The minimum absolute atomic E-state index is 0.0801. The molecule has 1 amide bonds. The lowest BCUT2D eigenvalue weighted by molar-refractivity contribution is -0.132. The normalized spacial score (nSPS) is 16.2. The van der Waals surface area contributed by atoms with Crippen molar-refractivity contribution in [3.05, 3.63) is 24.2 Å². The maximum Gasteiger partial charge on any atom is 0.248 e. The van der Waals surface area contributed by atoms with Gasteiger partial charge in [-0.1, -0.05) is 0 Å². The monoisotopic (exact) mass is 241 g/mol. The Morgan fingerprint density at radius 1 is 1.71 bits per heavy atom. The molecule has 1 heterocycles. The molecule has 2 atom stereocenters. The van der Waals surface area contributed by atoms with Gasteiger partial charge in [0, 0.05) is 6.61 Å². The molecule has 0 aliphatic rings. The van der Waals surface area contributed by atoms with Crippen molar-refractivity contribution in [2.24, 2.45) is 0 Å². The summed E-state index contributed by atoms with van der Waals surface area (Å²) in [4.78, 5) is 11.6. The van der Waals surface area contributed by atoms with E-state index in [2.05, 4.69) is 5.32 Å². The van der Waals surface area contributed by atoms with Crippen molar-refractivity contribution in [3.8, 4) is 0 Å². The molecule has 1 aromatic rings. The van der Waals surface area contributed by atoms with Gasteiger partial charge in [0.2, 0.25) is 5.91 Å². The van der Waals surface area contributed by atoms with Crippen LogP contribution in [0.4, 0.5) is 0 Å². The van der Waals surface area contributed by atoms with E-state index < -0.39 is 11.7 Å². The Balaban J connectivity index is 2.47. The van der Waals surface area contributed by atoms with E-state index in [9.17, 15) is 9.90 Å². The molecule has 0 radical (unpaired) electrons. The Hall–Kier alpha value is -1.33. The predicted molar refractivity (Wildman–Crippen MR) is 62.4 cm³/mol. The summed E-state index contributed by atoms with van der Waals surface area (Å²) in [6.45, 7) is 5.63. The highest BCUT2D eigenvalue weighted by Gasteiger charge is 2.27. The number of nitrogens with one attached hydrogen (secondary N) is 1. The number of furan rings is 1. The Morgan fingerprint density at radius 3 is 2.94 bits per heavy atom. The van der Waals surface area contributed by atoms with Crippen molar-refractivity contribution in [2.75, 3.05) is 13.2 Å². The van der Waals surface area contributed by atoms with Crippen LogP contribution in [0.3, 0.4) is 0 Å². The minimum Gasteiger partial charge on any atom is -0.466 e. The Bertz CT molecular complexity index is 345. The third-order valence-electron chi connectivity index (χ3n) is 2.44. The number of ether oxygens (including phenoxy) is 1. The van der Waals surface area contributed by atoms with Gasteiger partial charge in [0.15, 0.2) is 0 Å². The molecule has 17 heavy (non-hydrogen) atoms. The van der Waals surface area contributed by atoms with Gasteiger partial charge in [-0.15, -0.1) is 0 Å². The van der Waals surface area contributed by atoms with Crippen LogP contribution in [0, 0.1) is 0 Å². The minimum atomic E-state index is -1.22. The zero-order valence-electron chi connectivity index (χ0n) is 10.4. The van der Waals surface area contributed by atoms with E-state index in [0.29, 0.717) is 12.4 Å². The van der Waals surface area contributed by atoms with Crippen molar-refractivity contribution >= 4 is 5.91 Å². The lowest BCUT2D eigenvalue weighted by Gasteiger charge is -2.22. The number of amides is 1. The SMILES string of the molecule is CCOC(C)C(=O)NCC(C)(O)c1ccco1. The van der Waals surface area contributed by atoms with Crippen LogP contribution in [0.5, 0.6) is 0 Å². The second-order valence-electron chi connectivity index (χ2n) is 4.07. The van der Waals surface area contributed by atoms with Gasteiger partial charge in [-0.05, 0) is 32.9 Å². The maximum absolute atomic E-state index is 11.6. The van der Waals surface area contributed by atoms with E-state index in [1.54, 1.807) is 26.0 Å². The van der Waals surface area contributed by atoms with Gasteiger partial charge in [0.25, 0.3) is 0 Å². The van der Waals surface area contributed by atoms with Crippen molar-refractivity contribution in [1.29, 1.82) is 0 Å². The Kier molecular flexibility index (Phi) is 4.72. The Labute approximate surface area is 101 Å². The van der Waals surface area contributed by atoms with E-state index in [4.69, 9.17) is 9.15 Å². The molecule has 0 aromatic carbocycles. The first-order valence-corrected chi connectivity index (χ1v) is 5.63. The molecule has 5 heteroatoms. The molecule has 0 fully saturated rings. The zero-order chi connectivity index (χ0) is 12.9. The highest BCUT2D eigenvalue weighted by Crippen LogP contribution is 2.19. The molecule has 96 valence electrons. The molecule has 0 saturated carbocycles. The highest BCUT2D eigenvalue weighted by molar-refractivity contribution is 5.80. The van der Waals surface area contributed by atoms with Crippen LogP contribution in [-0.4, -0.2) is 30.3 Å². The fraction of sp³-hybridized carbons (Fsp3) is 0.583. The van der Waals surface area contributed by atoms with Gasteiger partial charge in [0.05, 0.1) is 12.8 Å².